The first-order chi connectivity index (χ1) is 25.4. The van der Waals surface area contributed by atoms with E-state index >= 15 is 0 Å². The number of aryl methyl sites for hydroxylation is 2. The molecule has 2 aliphatic rings. The van der Waals surface area contributed by atoms with Gasteiger partial charge in [0.05, 0.1) is 0 Å². The second-order valence-corrected chi connectivity index (χ2v) is 52.7. The summed E-state index contributed by atoms with van der Waals surface area (Å²) in [7, 11) is 14.7. The van der Waals surface area contributed by atoms with Crippen molar-refractivity contribution in [3.8, 4) is 22.3 Å². The van der Waals surface area contributed by atoms with Crippen LogP contribution < -0.4 is 0 Å². The summed E-state index contributed by atoms with van der Waals surface area (Å²) in [4.78, 5) is 0.788. The van der Waals surface area contributed by atoms with E-state index in [9.17, 15) is 17.0 Å². The zero-order valence-electron chi connectivity index (χ0n) is 36.2. The first-order valence-electron chi connectivity index (χ1n) is 20.6. The van der Waals surface area contributed by atoms with Gasteiger partial charge in [0, 0.05) is 0 Å². The van der Waals surface area contributed by atoms with E-state index in [0.29, 0.717) is 0 Å². The van der Waals surface area contributed by atoms with Gasteiger partial charge in [-0.2, -0.15) is 0 Å². The van der Waals surface area contributed by atoms with Crippen LogP contribution in [0.15, 0.2) is 96.1 Å². The predicted octanol–water partition coefficient (Wildman–Crippen LogP) is 15.0. The molecular weight excluding hydrogens is 820 g/mol. The molecule has 0 heterocycles. The molecule has 4 aromatic carbocycles. The second kappa shape index (κ2) is 14.8. The molecule has 0 saturated carbocycles. The van der Waals surface area contributed by atoms with E-state index < -0.39 is 32.6 Å². The average molecular weight is 885 g/mol. The molecule has 7 heteroatoms. The van der Waals surface area contributed by atoms with Crippen LogP contribution in [0.5, 0.6) is 0 Å². The molecule has 6 rings (SSSR count). The zero-order chi connectivity index (χ0) is 40.5. The van der Waals surface area contributed by atoms with Crippen LogP contribution >= 0.6 is 17.0 Å². The van der Waals surface area contributed by atoms with Crippen molar-refractivity contribution in [3.63, 3.8) is 0 Å². The zero-order valence-corrected chi connectivity index (χ0v) is 42.2. The summed E-state index contributed by atoms with van der Waals surface area (Å²) in [5, 5.41) is 0. The monoisotopic (exact) mass is 882 g/mol. The number of hydrogen-bond donors (Lipinski definition) is 0. The summed E-state index contributed by atoms with van der Waals surface area (Å²) in [6.45, 7) is 33.9. The van der Waals surface area contributed by atoms with E-state index in [0.717, 1.165) is 17.8 Å². The van der Waals surface area contributed by atoms with Gasteiger partial charge in [0.2, 0.25) is 0 Å². The third-order valence-corrected chi connectivity index (χ3v) is 39.3. The molecule has 0 amide bonds. The van der Waals surface area contributed by atoms with Gasteiger partial charge in [-0.05, 0) is 0 Å². The van der Waals surface area contributed by atoms with Crippen molar-refractivity contribution in [2.75, 3.05) is 0 Å². The molecule has 0 N–H and O–H groups in total. The number of allylic oxidation sites excluding steroid dienone is 2. The van der Waals surface area contributed by atoms with Crippen LogP contribution in [0, 0.1) is 10.8 Å². The van der Waals surface area contributed by atoms with Gasteiger partial charge in [0.25, 0.3) is 0 Å². The third kappa shape index (κ3) is 7.79. The Morgan fingerprint density at radius 2 is 0.891 bits per heavy atom. The van der Waals surface area contributed by atoms with Crippen molar-refractivity contribution in [3.05, 3.63) is 129 Å². The molecule has 2 unspecified atom stereocenters. The maximum atomic E-state index is 9.28. The Morgan fingerprint density at radius 3 is 1.22 bits per heavy atom. The third-order valence-electron chi connectivity index (χ3n) is 12.5. The van der Waals surface area contributed by atoms with Gasteiger partial charge in [-0.15, -0.1) is 0 Å². The topological polar surface area (TPSA) is 3.24 Å². The molecule has 291 valence electrons. The molecular formula is C48H65BCl2NSi2Zr. The molecule has 2 atom stereocenters. The first kappa shape index (κ1) is 42.9. The van der Waals surface area contributed by atoms with Crippen molar-refractivity contribution < 1.29 is 16.2 Å². The van der Waals surface area contributed by atoms with E-state index in [1.807, 2.05) is 0 Å². The first-order valence-corrected chi connectivity index (χ1v) is 38.4. The van der Waals surface area contributed by atoms with Crippen LogP contribution in [0.3, 0.4) is 0 Å². The van der Waals surface area contributed by atoms with Crippen molar-refractivity contribution in [1.29, 1.82) is 0 Å². The normalized spacial score (nSPS) is 18.4. The Balaban J connectivity index is 1.75. The Morgan fingerprint density at radius 1 is 0.545 bits per heavy atom. The van der Waals surface area contributed by atoms with Crippen LogP contribution in [0.2, 0.25) is 39.3 Å². The van der Waals surface area contributed by atoms with Gasteiger partial charge in [-0.3, -0.25) is 0 Å². The Labute approximate surface area is 345 Å². The van der Waals surface area contributed by atoms with E-state index in [1.165, 1.54) is 66.8 Å². The molecule has 1 nitrogen and oxygen atoms in total. The number of fused-ring (bicyclic) bond motifs is 2. The number of nitrogens with zero attached hydrogens (tertiary/aromatic N) is 1. The Bertz CT molecular complexity index is 2030. The van der Waals surface area contributed by atoms with Gasteiger partial charge in [0.15, 0.2) is 0 Å². The van der Waals surface area contributed by atoms with Gasteiger partial charge in [0.1, 0.15) is 0 Å². The fourth-order valence-electron chi connectivity index (χ4n) is 10.2. The van der Waals surface area contributed by atoms with Crippen molar-refractivity contribution in [2.45, 2.75) is 115 Å². The summed E-state index contributed by atoms with van der Waals surface area (Å²) in [6, 6.07) is 31.9. The number of rotatable bonds is 10. The summed E-state index contributed by atoms with van der Waals surface area (Å²) < 4.78 is 2.82. The maximum absolute atomic E-state index is 9.28. The Kier molecular flexibility index (Phi) is 11.6. The molecule has 0 spiro atoms. The van der Waals surface area contributed by atoms with Gasteiger partial charge in [-0.1, -0.05) is 0 Å². The fourth-order valence-corrected chi connectivity index (χ4v) is 52.7. The average Bonchev–Trinajstić information content (AvgIpc) is 3.72. The van der Waals surface area contributed by atoms with E-state index in [-0.39, 0.29) is 18.1 Å². The van der Waals surface area contributed by atoms with Crippen LogP contribution in [0.25, 0.3) is 34.4 Å². The summed E-state index contributed by atoms with van der Waals surface area (Å²) >= 11 is -5.44. The SMILES string of the molecule is CCc1ccccc1-c1cccc2c1C=C(C(C)(C)C)[CH]2[Zr]([Cl])([Cl])([BH]N([Si](C)(C)C)[Si](C)(C)C)[CH]1C(C(C)(C)C)=Cc2c(-c3ccccc3CC)cccc21. The van der Waals surface area contributed by atoms with Crippen molar-refractivity contribution >= 4 is 50.6 Å². The molecule has 0 radical (unpaired) electrons. The molecule has 4 aromatic rings. The molecule has 0 aliphatic heterocycles. The van der Waals surface area contributed by atoms with Crippen LogP contribution in [-0.4, -0.2) is 25.6 Å². The number of benzene rings is 4. The van der Waals surface area contributed by atoms with E-state index in [2.05, 4.69) is 196 Å². The molecule has 0 fully saturated rings. The molecule has 55 heavy (non-hydrogen) atoms. The van der Waals surface area contributed by atoms with Gasteiger partial charge < -0.3 is 0 Å². The van der Waals surface area contributed by atoms with Crippen molar-refractivity contribution in [2.24, 2.45) is 10.8 Å². The van der Waals surface area contributed by atoms with Crippen LogP contribution in [0.1, 0.15) is 96.0 Å². The fraction of sp³-hybridized carbons (Fsp3) is 0.417. The molecule has 0 saturated heterocycles. The second-order valence-electron chi connectivity index (χ2n) is 20.5. The number of hydrogen-bond acceptors (Lipinski definition) is 1. The molecule has 2 aliphatic carbocycles. The standard InChI is InChI=1S/2C21H23.C6H19BNSi2.2ClH.Zr/c2*1-5-15-9-6-7-11-18(15)19-12-8-10-16-13-17(14-20(16)19)21(2,3)4;1-9(2,3)8(7)10(4,5)6;;;/h2*6-14H,5H2,1-4H3;7H,1-6H3;2*1H;/q;;+1;;;+1/p-2. The van der Waals surface area contributed by atoms with Crippen LogP contribution in [0.4, 0.5) is 0 Å². The summed E-state index contributed by atoms with van der Waals surface area (Å²) in [5.41, 5.74) is 15.8. The van der Waals surface area contributed by atoms with Gasteiger partial charge >= 0.3 is 348 Å². The number of halogens is 2. The summed E-state index contributed by atoms with van der Waals surface area (Å²) in [6.07, 6.45) is 7.05. The van der Waals surface area contributed by atoms with Crippen molar-refractivity contribution in [1.82, 2.24) is 4.14 Å². The van der Waals surface area contributed by atoms with Gasteiger partial charge in [-0.25, -0.2) is 0 Å². The minimum atomic E-state index is -5.44. The Hall–Kier alpha value is -1.72. The molecule has 0 aromatic heterocycles. The quantitative estimate of drug-likeness (QED) is 0.143. The summed E-state index contributed by atoms with van der Waals surface area (Å²) in [5.74, 6) is 0. The van der Waals surface area contributed by atoms with E-state index in [4.69, 9.17) is 0 Å². The van der Waals surface area contributed by atoms with E-state index in [1.54, 1.807) is 0 Å². The van der Waals surface area contributed by atoms with Crippen LogP contribution in [-0.2, 0) is 29.0 Å². The molecule has 0 bridgehead atoms. The minimum absolute atomic E-state index is 0.0583. The predicted molar refractivity (Wildman–Crippen MR) is 250 cm³/mol.